The van der Waals surface area contributed by atoms with Crippen LogP contribution in [0.25, 0.3) is 56.4 Å². The van der Waals surface area contributed by atoms with Crippen LogP contribution in [0.2, 0.25) is 0 Å². The standard InChI is InChI=1S/C46H46BN3O2/c1-31-22-24-33(25-23-31)39-27-38(32-14-8-6-9-15-32)28-40(29-39)35-18-12-19-36(26-35)43-48-42(34-16-10-7-11-17-34)49-44(50-43)37-20-13-21-41(30-37)47-52-46(4,5)45(2,3)51/h7-8,10-22,24-31,47,51H,6,9,23H2,1-5H3. The molecule has 0 aliphatic heterocycles. The van der Waals surface area contributed by atoms with Crippen LogP contribution in [0, 0.1) is 5.92 Å². The van der Waals surface area contributed by atoms with Gasteiger partial charge in [-0.15, -0.1) is 0 Å². The third kappa shape index (κ3) is 7.99. The molecule has 2 aliphatic rings. The van der Waals surface area contributed by atoms with Gasteiger partial charge in [0.25, 0.3) is 0 Å². The summed E-state index contributed by atoms with van der Waals surface area (Å²) in [5.74, 6) is 2.36. The number of allylic oxidation sites excluding steroid dienone is 8. The maximum absolute atomic E-state index is 10.6. The number of hydrogen-bond acceptors (Lipinski definition) is 5. The molecule has 5 aromatic rings. The molecule has 1 heterocycles. The van der Waals surface area contributed by atoms with Crippen molar-refractivity contribution in [2.45, 2.75) is 65.1 Å². The summed E-state index contributed by atoms with van der Waals surface area (Å²) in [5, 5.41) is 10.6. The van der Waals surface area contributed by atoms with Gasteiger partial charge >= 0.3 is 7.48 Å². The highest BCUT2D eigenvalue weighted by Gasteiger charge is 2.35. The Morgan fingerprint density at radius 1 is 0.615 bits per heavy atom. The molecule has 0 spiro atoms. The van der Waals surface area contributed by atoms with Gasteiger partial charge in [-0.2, -0.15) is 0 Å². The van der Waals surface area contributed by atoms with Crippen molar-refractivity contribution < 1.29 is 9.76 Å². The minimum atomic E-state index is -0.997. The molecule has 0 radical (unpaired) electrons. The molecule has 0 bridgehead atoms. The van der Waals surface area contributed by atoms with Crippen LogP contribution in [0.4, 0.5) is 0 Å². The van der Waals surface area contributed by atoms with Crippen LogP contribution in [-0.4, -0.2) is 38.7 Å². The average Bonchev–Trinajstić information content (AvgIpc) is 3.17. The van der Waals surface area contributed by atoms with Gasteiger partial charge in [-0.25, -0.2) is 15.0 Å². The molecule has 0 saturated carbocycles. The van der Waals surface area contributed by atoms with E-state index >= 15 is 0 Å². The first kappa shape index (κ1) is 35.2. The zero-order chi connectivity index (χ0) is 36.3. The fourth-order valence-corrected chi connectivity index (χ4v) is 6.33. The number of hydrogen-bond donors (Lipinski definition) is 1. The summed E-state index contributed by atoms with van der Waals surface area (Å²) in [6, 6.07) is 33.6. The zero-order valence-electron chi connectivity index (χ0n) is 30.8. The lowest BCUT2D eigenvalue weighted by atomic mass is 9.82. The molecule has 1 unspecified atom stereocenters. The monoisotopic (exact) mass is 683 g/mol. The SMILES string of the molecule is CC1C=CC(c2cc(C3=CCCC=C3)cc(-c3cccc(-c4nc(-c5ccccc5)nc(-c5cccc(BOC(C)(C)C(C)(C)O)c5)n4)c3)c2)=CC1. The van der Waals surface area contributed by atoms with Crippen molar-refractivity contribution in [3.05, 3.63) is 145 Å². The van der Waals surface area contributed by atoms with Crippen LogP contribution >= 0.6 is 0 Å². The molecule has 2 aliphatic carbocycles. The van der Waals surface area contributed by atoms with Gasteiger partial charge in [-0.3, -0.25) is 0 Å². The minimum absolute atomic E-state index is 0.343. The highest BCUT2D eigenvalue weighted by Crippen LogP contribution is 2.35. The van der Waals surface area contributed by atoms with Gasteiger partial charge < -0.3 is 9.76 Å². The van der Waals surface area contributed by atoms with Crippen LogP contribution in [0.1, 0.15) is 65.0 Å². The summed E-state index contributed by atoms with van der Waals surface area (Å²) in [6.07, 6.45) is 17.0. The van der Waals surface area contributed by atoms with Crippen molar-refractivity contribution in [3.63, 3.8) is 0 Å². The van der Waals surface area contributed by atoms with Gasteiger partial charge in [0.1, 0.15) is 0 Å². The lowest BCUT2D eigenvalue weighted by Gasteiger charge is -2.37. The molecule has 6 heteroatoms. The molecule has 4 aromatic carbocycles. The van der Waals surface area contributed by atoms with Gasteiger partial charge in [0.15, 0.2) is 17.5 Å². The van der Waals surface area contributed by atoms with E-state index in [0.29, 0.717) is 30.9 Å². The van der Waals surface area contributed by atoms with E-state index in [1.54, 1.807) is 13.8 Å². The maximum Gasteiger partial charge on any atom is 0.309 e. The Morgan fingerprint density at radius 2 is 1.19 bits per heavy atom. The molecule has 0 amide bonds. The summed E-state index contributed by atoms with van der Waals surface area (Å²) >= 11 is 0. The van der Waals surface area contributed by atoms with E-state index in [9.17, 15) is 5.11 Å². The second-order valence-electron chi connectivity index (χ2n) is 15.0. The Balaban J connectivity index is 1.29. The van der Waals surface area contributed by atoms with Gasteiger partial charge in [0.2, 0.25) is 0 Å². The predicted octanol–water partition coefficient (Wildman–Crippen LogP) is 9.80. The molecule has 1 atom stereocenters. The van der Waals surface area contributed by atoms with E-state index in [0.717, 1.165) is 52.5 Å². The normalized spacial score (nSPS) is 16.0. The second kappa shape index (κ2) is 14.8. The largest absolute Gasteiger partial charge is 0.427 e. The van der Waals surface area contributed by atoms with Crippen molar-refractivity contribution in [3.8, 4) is 45.3 Å². The van der Waals surface area contributed by atoms with Crippen LogP contribution < -0.4 is 5.46 Å². The first-order valence-corrected chi connectivity index (χ1v) is 18.3. The molecule has 5 nitrogen and oxygen atoms in total. The Hall–Kier alpha value is -5.17. The van der Waals surface area contributed by atoms with Gasteiger partial charge in [0.05, 0.1) is 11.2 Å². The first-order valence-electron chi connectivity index (χ1n) is 18.3. The van der Waals surface area contributed by atoms with E-state index in [2.05, 4.69) is 91.9 Å². The lowest BCUT2D eigenvalue weighted by molar-refractivity contribution is -0.0893. The third-order valence-corrected chi connectivity index (χ3v) is 10.3. The van der Waals surface area contributed by atoms with Crippen LogP contribution in [0.5, 0.6) is 0 Å². The molecule has 0 saturated heterocycles. The van der Waals surface area contributed by atoms with Crippen molar-refractivity contribution in [1.82, 2.24) is 15.0 Å². The summed E-state index contributed by atoms with van der Waals surface area (Å²) in [7, 11) is 0.343. The Labute approximate surface area is 308 Å². The van der Waals surface area contributed by atoms with Crippen molar-refractivity contribution in [1.29, 1.82) is 0 Å². The van der Waals surface area contributed by atoms with E-state index < -0.39 is 11.2 Å². The molecular weight excluding hydrogens is 637 g/mol. The molecule has 52 heavy (non-hydrogen) atoms. The first-order chi connectivity index (χ1) is 25.0. The molecule has 1 N–H and O–H groups in total. The molecular formula is C46H46BN3O2. The van der Waals surface area contributed by atoms with E-state index in [-0.39, 0.29) is 0 Å². The maximum atomic E-state index is 10.6. The van der Waals surface area contributed by atoms with E-state index in [1.165, 1.54) is 22.3 Å². The van der Waals surface area contributed by atoms with Gasteiger partial charge in [-0.1, -0.05) is 122 Å². The number of nitrogens with zero attached hydrogens (tertiary/aromatic N) is 3. The number of benzene rings is 4. The lowest BCUT2D eigenvalue weighted by Crippen LogP contribution is -2.49. The second-order valence-corrected chi connectivity index (χ2v) is 15.0. The van der Waals surface area contributed by atoms with E-state index in [1.807, 2.05) is 62.4 Å². The molecule has 1 aromatic heterocycles. The smallest absolute Gasteiger partial charge is 0.309 e. The van der Waals surface area contributed by atoms with Crippen LogP contribution in [0.15, 0.2) is 134 Å². The summed E-state index contributed by atoms with van der Waals surface area (Å²) in [5.41, 5.74) is 9.19. The quantitative estimate of drug-likeness (QED) is 0.149. The van der Waals surface area contributed by atoms with Crippen LogP contribution in [-0.2, 0) is 4.65 Å². The summed E-state index contributed by atoms with van der Waals surface area (Å²) in [4.78, 5) is 15.1. The number of aromatic nitrogens is 3. The highest BCUT2D eigenvalue weighted by molar-refractivity contribution is 6.47. The molecule has 0 fully saturated rings. The zero-order valence-corrected chi connectivity index (χ0v) is 30.8. The van der Waals surface area contributed by atoms with Crippen molar-refractivity contribution in [2.75, 3.05) is 0 Å². The fourth-order valence-electron chi connectivity index (χ4n) is 6.33. The summed E-state index contributed by atoms with van der Waals surface area (Å²) in [6.45, 7) is 9.60. The Morgan fingerprint density at radius 3 is 1.83 bits per heavy atom. The average molecular weight is 684 g/mol. The molecule has 260 valence electrons. The van der Waals surface area contributed by atoms with Crippen LogP contribution in [0.3, 0.4) is 0 Å². The third-order valence-electron chi connectivity index (χ3n) is 10.3. The predicted molar refractivity (Wildman–Crippen MR) is 217 cm³/mol. The van der Waals surface area contributed by atoms with Gasteiger partial charge in [-0.05, 0) is 111 Å². The Bertz CT molecular complexity index is 2210. The number of aliphatic hydroxyl groups is 1. The molecule has 7 rings (SSSR count). The highest BCUT2D eigenvalue weighted by atomic mass is 16.5. The fraction of sp³-hybridized carbons (Fsp3) is 0.239. The van der Waals surface area contributed by atoms with Crippen molar-refractivity contribution >= 4 is 24.1 Å². The topological polar surface area (TPSA) is 68.1 Å². The van der Waals surface area contributed by atoms with Crippen molar-refractivity contribution in [2.24, 2.45) is 5.92 Å². The minimum Gasteiger partial charge on any atom is -0.427 e. The summed E-state index contributed by atoms with van der Waals surface area (Å²) < 4.78 is 6.19. The van der Waals surface area contributed by atoms with E-state index in [4.69, 9.17) is 19.6 Å². The number of rotatable bonds is 10. The Kier molecular flexibility index (Phi) is 10.0. The van der Waals surface area contributed by atoms with Gasteiger partial charge in [0, 0.05) is 16.7 Å².